The van der Waals surface area contributed by atoms with Crippen LogP contribution in [0.25, 0.3) is 0 Å². The first-order valence-corrected chi connectivity index (χ1v) is 7.01. The molecule has 1 aromatic heterocycles. The zero-order chi connectivity index (χ0) is 13.8. The first-order valence-electron chi connectivity index (χ1n) is 7.01. The minimum absolute atomic E-state index is 0.345. The molecule has 0 aliphatic heterocycles. The van der Waals surface area contributed by atoms with Crippen molar-refractivity contribution in [3.05, 3.63) is 18.0 Å². The molecule has 1 N–H and O–H groups in total. The first kappa shape index (κ1) is 14.1. The summed E-state index contributed by atoms with van der Waals surface area (Å²) in [5.74, 6) is -1.09. The Morgan fingerprint density at radius 2 is 2.26 bits per heavy atom. The average molecular weight is 265 g/mol. The molecule has 0 spiro atoms. The van der Waals surface area contributed by atoms with Crippen LogP contribution in [0.15, 0.2) is 12.3 Å². The Bertz CT molecular complexity index is 424. The fraction of sp³-hybridized carbons (Fsp3) is 0.714. The van der Waals surface area contributed by atoms with Gasteiger partial charge in [-0.15, -0.1) is 0 Å². The SMILES string of the molecule is CC(CN(C)Cc1ccn(C2CCCC2)n1)C(=O)O. The number of nitrogens with zero attached hydrogens (tertiary/aromatic N) is 3. The van der Waals surface area contributed by atoms with Gasteiger partial charge >= 0.3 is 5.97 Å². The van der Waals surface area contributed by atoms with Crippen LogP contribution in [0.5, 0.6) is 0 Å². The number of carbonyl (C=O) groups is 1. The summed E-state index contributed by atoms with van der Waals surface area (Å²) in [7, 11) is 1.94. The maximum absolute atomic E-state index is 10.8. The van der Waals surface area contributed by atoms with Crippen molar-refractivity contribution >= 4 is 5.97 Å². The molecule has 19 heavy (non-hydrogen) atoms. The van der Waals surface area contributed by atoms with Crippen molar-refractivity contribution in [3.63, 3.8) is 0 Å². The second-order valence-corrected chi connectivity index (χ2v) is 5.66. The summed E-state index contributed by atoms with van der Waals surface area (Å²) in [6.07, 6.45) is 7.12. The minimum Gasteiger partial charge on any atom is -0.481 e. The number of aromatic nitrogens is 2. The standard InChI is InChI=1S/C14H23N3O2/c1-11(14(18)19)9-16(2)10-12-7-8-17(15-12)13-5-3-4-6-13/h7-8,11,13H,3-6,9-10H2,1-2H3,(H,18,19). The van der Waals surface area contributed by atoms with Crippen molar-refractivity contribution in [2.45, 2.75) is 45.2 Å². The van der Waals surface area contributed by atoms with Gasteiger partial charge in [0.25, 0.3) is 0 Å². The van der Waals surface area contributed by atoms with E-state index in [-0.39, 0.29) is 5.92 Å². The molecule has 1 heterocycles. The van der Waals surface area contributed by atoms with Gasteiger partial charge in [0.1, 0.15) is 0 Å². The molecule has 1 unspecified atom stereocenters. The molecule has 0 bridgehead atoms. The maximum atomic E-state index is 10.8. The van der Waals surface area contributed by atoms with Gasteiger partial charge in [0.2, 0.25) is 0 Å². The lowest BCUT2D eigenvalue weighted by Crippen LogP contribution is -2.28. The largest absolute Gasteiger partial charge is 0.481 e. The molecule has 106 valence electrons. The van der Waals surface area contributed by atoms with Gasteiger partial charge in [-0.05, 0) is 26.0 Å². The molecule has 1 atom stereocenters. The Balaban J connectivity index is 1.87. The summed E-state index contributed by atoms with van der Waals surface area (Å²) in [5.41, 5.74) is 1.02. The van der Waals surface area contributed by atoms with Crippen LogP contribution in [0, 0.1) is 5.92 Å². The average Bonchev–Trinajstić information content (AvgIpc) is 2.97. The van der Waals surface area contributed by atoms with Gasteiger partial charge in [0, 0.05) is 19.3 Å². The second-order valence-electron chi connectivity index (χ2n) is 5.66. The van der Waals surface area contributed by atoms with Crippen molar-refractivity contribution in [2.24, 2.45) is 5.92 Å². The molecule has 1 saturated carbocycles. The van der Waals surface area contributed by atoms with Crippen molar-refractivity contribution < 1.29 is 9.90 Å². The maximum Gasteiger partial charge on any atom is 0.307 e. The zero-order valence-corrected chi connectivity index (χ0v) is 11.7. The molecule has 1 fully saturated rings. The smallest absolute Gasteiger partial charge is 0.307 e. The molecule has 0 saturated heterocycles. The van der Waals surface area contributed by atoms with Crippen molar-refractivity contribution in [1.82, 2.24) is 14.7 Å². The summed E-state index contributed by atoms with van der Waals surface area (Å²) in [6.45, 7) is 2.99. The predicted octanol–water partition coefficient (Wildman–Crippen LogP) is 2.15. The van der Waals surface area contributed by atoms with E-state index in [9.17, 15) is 4.79 Å². The van der Waals surface area contributed by atoms with Crippen molar-refractivity contribution in [2.75, 3.05) is 13.6 Å². The highest BCUT2D eigenvalue weighted by Crippen LogP contribution is 2.28. The molecular formula is C14H23N3O2. The normalized spacial score (nSPS) is 18.1. The Kier molecular flexibility index (Phi) is 4.58. The van der Waals surface area contributed by atoms with Crippen LogP contribution in [-0.2, 0) is 11.3 Å². The molecule has 2 rings (SSSR count). The molecule has 5 nitrogen and oxygen atoms in total. The van der Waals surface area contributed by atoms with Gasteiger partial charge in [-0.25, -0.2) is 0 Å². The highest BCUT2D eigenvalue weighted by Gasteiger charge is 2.18. The molecule has 1 aromatic rings. The monoisotopic (exact) mass is 265 g/mol. The van der Waals surface area contributed by atoms with Gasteiger partial charge in [-0.1, -0.05) is 19.8 Å². The van der Waals surface area contributed by atoms with E-state index in [1.807, 2.05) is 18.0 Å². The fourth-order valence-electron chi connectivity index (χ4n) is 2.72. The third-order valence-corrected chi connectivity index (χ3v) is 3.80. The lowest BCUT2D eigenvalue weighted by Gasteiger charge is -2.17. The van der Waals surface area contributed by atoms with E-state index in [1.165, 1.54) is 25.7 Å². The van der Waals surface area contributed by atoms with Crippen LogP contribution in [-0.4, -0.2) is 39.3 Å². The lowest BCUT2D eigenvalue weighted by atomic mass is 10.2. The summed E-state index contributed by atoms with van der Waals surface area (Å²) >= 11 is 0. The van der Waals surface area contributed by atoms with E-state index < -0.39 is 5.97 Å². The molecule has 1 aliphatic rings. The second kappa shape index (κ2) is 6.19. The van der Waals surface area contributed by atoms with Crippen molar-refractivity contribution in [3.8, 4) is 0 Å². The molecule has 5 heteroatoms. The number of aliphatic carboxylic acids is 1. The Morgan fingerprint density at radius 3 is 2.89 bits per heavy atom. The molecule has 0 aromatic carbocycles. The van der Waals surface area contributed by atoms with E-state index in [4.69, 9.17) is 5.11 Å². The number of carboxylic acid groups (broad SMARTS) is 1. The Labute approximate surface area is 114 Å². The zero-order valence-electron chi connectivity index (χ0n) is 11.7. The van der Waals surface area contributed by atoms with Crippen LogP contribution in [0.1, 0.15) is 44.3 Å². The van der Waals surface area contributed by atoms with Crippen LogP contribution in [0.2, 0.25) is 0 Å². The van der Waals surface area contributed by atoms with Crippen LogP contribution in [0.4, 0.5) is 0 Å². The van der Waals surface area contributed by atoms with E-state index >= 15 is 0 Å². The third-order valence-electron chi connectivity index (χ3n) is 3.80. The van der Waals surface area contributed by atoms with E-state index in [0.29, 0.717) is 19.1 Å². The van der Waals surface area contributed by atoms with E-state index in [1.54, 1.807) is 6.92 Å². The van der Waals surface area contributed by atoms with Gasteiger partial charge in [-0.2, -0.15) is 5.10 Å². The van der Waals surface area contributed by atoms with Crippen LogP contribution >= 0.6 is 0 Å². The predicted molar refractivity (Wildman–Crippen MR) is 72.9 cm³/mol. The molecular weight excluding hydrogens is 242 g/mol. The summed E-state index contributed by atoms with van der Waals surface area (Å²) in [4.78, 5) is 12.8. The fourth-order valence-corrected chi connectivity index (χ4v) is 2.72. The molecule has 0 amide bonds. The summed E-state index contributed by atoms with van der Waals surface area (Å²) < 4.78 is 2.08. The van der Waals surface area contributed by atoms with Crippen molar-refractivity contribution in [1.29, 1.82) is 0 Å². The van der Waals surface area contributed by atoms with Crippen LogP contribution in [0.3, 0.4) is 0 Å². The highest BCUT2D eigenvalue weighted by molar-refractivity contribution is 5.69. The third kappa shape index (κ3) is 3.80. The number of carboxylic acids is 1. The summed E-state index contributed by atoms with van der Waals surface area (Å²) in [6, 6.07) is 2.61. The van der Waals surface area contributed by atoms with E-state index in [2.05, 4.69) is 16.0 Å². The number of hydrogen-bond donors (Lipinski definition) is 1. The van der Waals surface area contributed by atoms with Gasteiger partial charge < -0.3 is 5.11 Å². The lowest BCUT2D eigenvalue weighted by molar-refractivity contribution is -0.141. The summed E-state index contributed by atoms with van der Waals surface area (Å²) in [5, 5.41) is 13.5. The molecule has 1 aliphatic carbocycles. The molecule has 0 radical (unpaired) electrons. The quantitative estimate of drug-likeness (QED) is 0.856. The number of hydrogen-bond acceptors (Lipinski definition) is 3. The van der Waals surface area contributed by atoms with Crippen LogP contribution < -0.4 is 0 Å². The van der Waals surface area contributed by atoms with Gasteiger partial charge in [-0.3, -0.25) is 14.4 Å². The van der Waals surface area contributed by atoms with Gasteiger partial charge in [0.15, 0.2) is 0 Å². The Hall–Kier alpha value is -1.36. The first-order chi connectivity index (χ1) is 9.06. The Morgan fingerprint density at radius 1 is 1.58 bits per heavy atom. The topological polar surface area (TPSA) is 58.4 Å². The van der Waals surface area contributed by atoms with E-state index in [0.717, 1.165) is 5.69 Å². The highest BCUT2D eigenvalue weighted by atomic mass is 16.4. The number of rotatable bonds is 6. The minimum atomic E-state index is -0.747. The van der Waals surface area contributed by atoms with Gasteiger partial charge in [0.05, 0.1) is 17.7 Å².